The van der Waals surface area contributed by atoms with E-state index in [-0.39, 0.29) is 28.5 Å². The lowest BCUT2D eigenvalue weighted by Gasteiger charge is -2.03. The number of benzene rings is 1. The molecule has 8 heteroatoms. The van der Waals surface area contributed by atoms with E-state index in [0.717, 1.165) is 4.68 Å². The number of nitrogens with zero attached hydrogens (tertiary/aromatic N) is 2. The Morgan fingerprint density at radius 3 is 2.75 bits per heavy atom. The Hall–Kier alpha value is -1.57. The van der Waals surface area contributed by atoms with Gasteiger partial charge in [0.25, 0.3) is 0 Å². The highest BCUT2D eigenvalue weighted by molar-refractivity contribution is 9.10. The van der Waals surface area contributed by atoms with Crippen LogP contribution in [-0.2, 0) is 22.3 Å². The van der Waals surface area contributed by atoms with Gasteiger partial charge in [0.2, 0.25) is 0 Å². The number of ether oxygens (including phenoxy) is 1. The second kappa shape index (κ2) is 5.43. The first-order valence-corrected chi connectivity index (χ1v) is 6.51. The van der Waals surface area contributed by atoms with Gasteiger partial charge in [-0.05, 0) is 19.1 Å². The Kier molecular flexibility index (Phi) is 4.03. The van der Waals surface area contributed by atoms with Gasteiger partial charge < -0.3 is 4.74 Å². The van der Waals surface area contributed by atoms with Crippen molar-refractivity contribution in [3.8, 4) is 0 Å². The van der Waals surface area contributed by atoms with E-state index in [4.69, 9.17) is 4.74 Å². The molecule has 0 saturated heterocycles. The van der Waals surface area contributed by atoms with E-state index in [2.05, 4.69) is 21.0 Å². The number of halogens is 4. The predicted molar refractivity (Wildman–Crippen MR) is 69.1 cm³/mol. The van der Waals surface area contributed by atoms with Gasteiger partial charge in [-0.15, -0.1) is 0 Å². The van der Waals surface area contributed by atoms with Crippen LogP contribution in [0.3, 0.4) is 0 Å². The summed E-state index contributed by atoms with van der Waals surface area (Å²) in [6.07, 6.45) is -4.60. The summed E-state index contributed by atoms with van der Waals surface area (Å²) < 4.78 is 45.0. The first-order chi connectivity index (χ1) is 9.34. The van der Waals surface area contributed by atoms with Crippen LogP contribution in [0.5, 0.6) is 0 Å². The zero-order valence-corrected chi connectivity index (χ0v) is 12.0. The molecule has 4 nitrogen and oxygen atoms in total. The van der Waals surface area contributed by atoms with Crippen LogP contribution in [0.25, 0.3) is 10.9 Å². The van der Waals surface area contributed by atoms with Crippen molar-refractivity contribution >= 4 is 32.8 Å². The van der Waals surface area contributed by atoms with Gasteiger partial charge in [0.1, 0.15) is 6.54 Å². The van der Waals surface area contributed by atoms with E-state index >= 15 is 0 Å². The molecule has 0 unspecified atom stereocenters. The van der Waals surface area contributed by atoms with Gasteiger partial charge in [0.15, 0.2) is 5.69 Å². The Morgan fingerprint density at radius 1 is 1.45 bits per heavy atom. The van der Waals surface area contributed by atoms with E-state index in [1.807, 2.05) is 0 Å². The highest BCUT2D eigenvalue weighted by Gasteiger charge is 2.37. The molecule has 2 aromatic rings. The smallest absolute Gasteiger partial charge is 0.435 e. The van der Waals surface area contributed by atoms with Crippen LogP contribution in [-0.4, -0.2) is 22.4 Å². The minimum absolute atomic E-state index is 0.0655. The SMILES string of the molecule is CCOC(=O)Cn1nc(C(F)(F)F)c2c(Br)cccc21. The standard InChI is InChI=1S/C12H10BrF3N2O2/c1-2-20-9(19)6-18-8-5-3-4-7(13)10(8)11(17-18)12(14,15)16/h3-5H,2,6H2,1H3. The number of hydrogen-bond donors (Lipinski definition) is 0. The zero-order valence-electron chi connectivity index (χ0n) is 10.4. The maximum absolute atomic E-state index is 13.0. The molecular weight excluding hydrogens is 341 g/mol. The molecule has 0 amide bonds. The third kappa shape index (κ3) is 2.79. The van der Waals surface area contributed by atoms with Crippen molar-refractivity contribution in [2.75, 3.05) is 6.61 Å². The average Bonchev–Trinajstić information content (AvgIpc) is 2.70. The Labute approximate surface area is 120 Å². The van der Waals surface area contributed by atoms with E-state index in [1.165, 1.54) is 12.1 Å². The topological polar surface area (TPSA) is 44.1 Å². The second-order valence-electron chi connectivity index (χ2n) is 3.94. The lowest BCUT2D eigenvalue weighted by Crippen LogP contribution is -2.15. The molecule has 108 valence electrons. The highest BCUT2D eigenvalue weighted by Crippen LogP contribution is 2.37. The van der Waals surface area contributed by atoms with Gasteiger partial charge in [-0.1, -0.05) is 22.0 Å². The number of rotatable bonds is 3. The van der Waals surface area contributed by atoms with E-state index in [9.17, 15) is 18.0 Å². The van der Waals surface area contributed by atoms with E-state index in [0.29, 0.717) is 0 Å². The molecule has 20 heavy (non-hydrogen) atoms. The van der Waals surface area contributed by atoms with Gasteiger partial charge in [-0.2, -0.15) is 18.3 Å². The van der Waals surface area contributed by atoms with Gasteiger partial charge in [-0.25, -0.2) is 0 Å². The molecule has 2 rings (SSSR count). The van der Waals surface area contributed by atoms with Crippen molar-refractivity contribution in [1.29, 1.82) is 0 Å². The minimum Gasteiger partial charge on any atom is -0.465 e. The summed E-state index contributed by atoms with van der Waals surface area (Å²) in [4.78, 5) is 11.4. The number of aromatic nitrogens is 2. The fourth-order valence-electron chi connectivity index (χ4n) is 1.83. The molecule has 0 aliphatic carbocycles. The van der Waals surface area contributed by atoms with Crippen LogP contribution in [0.4, 0.5) is 13.2 Å². The zero-order chi connectivity index (χ0) is 14.9. The molecule has 0 atom stereocenters. The minimum atomic E-state index is -4.60. The number of hydrogen-bond acceptors (Lipinski definition) is 3. The summed E-state index contributed by atoms with van der Waals surface area (Å²) in [7, 11) is 0. The molecule has 0 fully saturated rings. The lowest BCUT2D eigenvalue weighted by molar-refractivity contribution is -0.145. The Balaban J connectivity index is 2.57. The maximum atomic E-state index is 13.0. The highest BCUT2D eigenvalue weighted by atomic mass is 79.9. The van der Waals surface area contributed by atoms with Crippen molar-refractivity contribution in [3.63, 3.8) is 0 Å². The Morgan fingerprint density at radius 2 is 2.15 bits per heavy atom. The van der Waals surface area contributed by atoms with Gasteiger partial charge >= 0.3 is 12.1 Å². The molecule has 1 aromatic heterocycles. The van der Waals surface area contributed by atoms with Crippen molar-refractivity contribution in [1.82, 2.24) is 9.78 Å². The third-order valence-electron chi connectivity index (χ3n) is 2.58. The van der Waals surface area contributed by atoms with Crippen LogP contribution in [0.2, 0.25) is 0 Å². The van der Waals surface area contributed by atoms with Crippen LogP contribution in [0.15, 0.2) is 22.7 Å². The molecule has 0 radical (unpaired) electrons. The largest absolute Gasteiger partial charge is 0.465 e. The fraction of sp³-hybridized carbons (Fsp3) is 0.333. The summed E-state index contributed by atoms with van der Waals surface area (Å²) in [6, 6.07) is 4.55. The van der Waals surface area contributed by atoms with Crippen molar-refractivity contribution in [2.24, 2.45) is 0 Å². The quantitative estimate of drug-likeness (QED) is 0.797. The molecule has 0 bridgehead atoms. The summed E-state index contributed by atoms with van der Waals surface area (Å²) in [5.74, 6) is -0.634. The monoisotopic (exact) mass is 350 g/mol. The molecule has 1 aromatic carbocycles. The van der Waals surface area contributed by atoms with Crippen LogP contribution < -0.4 is 0 Å². The van der Waals surface area contributed by atoms with Crippen molar-refractivity contribution in [2.45, 2.75) is 19.6 Å². The van der Waals surface area contributed by atoms with E-state index in [1.54, 1.807) is 13.0 Å². The molecule has 0 aliphatic heterocycles. The lowest BCUT2D eigenvalue weighted by atomic mass is 10.2. The molecule has 0 N–H and O–H groups in total. The van der Waals surface area contributed by atoms with Crippen molar-refractivity contribution < 1.29 is 22.7 Å². The molecular formula is C12H10BrF3N2O2. The summed E-state index contributed by atoms with van der Waals surface area (Å²) in [5.41, 5.74) is -0.802. The van der Waals surface area contributed by atoms with Gasteiger partial charge in [0, 0.05) is 9.86 Å². The van der Waals surface area contributed by atoms with E-state index < -0.39 is 17.8 Å². The van der Waals surface area contributed by atoms with Crippen LogP contribution >= 0.6 is 15.9 Å². The number of carbonyl (C=O) groups is 1. The number of carbonyl (C=O) groups excluding carboxylic acids is 1. The van der Waals surface area contributed by atoms with Gasteiger partial charge in [-0.3, -0.25) is 9.48 Å². The predicted octanol–water partition coefficient (Wildman–Crippen LogP) is 3.38. The van der Waals surface area contributed by atoms with Crippen molar-refractivity contribution in [3.05, 3.63) is 28.4 Å². The molecule has 1 heterocycles. The number of esters is 1. The Bertz CT molecular complexity index is 652. The maximum Gasteiger partial charge on any atom is 0.435 e. The van der Waals surface area contributed by atoms with Crippen LogP contribution in [0.1, 0.15) is 12.6 Å². The first-order valence-electron chi connectivity index (χ1n) is 5.72. The second-order valence-corrected chi connectivity index (χ2v) is 4.80. The molecule has 0 aliphatic rings. The fourth-order valence-corrected chi connectivity index (χ4v) is 2.38. The molecule has 0 saturated carbocycles. The first kappa shape index (κ1) is 14.8. The normalized spacial score (nSPS) is 11.8. The summed E-state index contributed by atoms with van der Waals surface area (Å²) >= 11 is 3.08. The summed E-state index contributed by atoms with van der Waals surface area (Å²) in [6.45, 7) is 1.42. The number of alkyl halides is 3. The third-order valence-corrected chi connectivity index (χ3v) is 3.24. The average molecular weight is 351 g/mol. The number of fused-ring (bicyclic) bond motifs is 1. The molecule has 0 spiro atoms. The summed E-state index contributed by atoms with van der Waals surface area (Å²) in [5, 5.41) is 3.44. The van der Waals surface area contributed by atoms with Gasteiger partial charge in [0.05, 0.1) is 12.1 Å². The van der Waals surface area contributed by atoms with Crippen LogP contribution in [0, 0.1) is 0 Å².